The van der Waals surface area contributed by atoms with E-state index >= 15 is 0 Å². The fourth-order valence-corrected chi connectivity index (χ4v) is 4.32. The van der Waals surface area contributed by atoms with Crippen molar-refractivity contribution in [2.75, 3.05) is 0 Å². The molecule has 0 aliphatic heterocycles. The van der Waals surface area contributed by atoms with Gasteiger partial charge in [-0.25, -0.2) is 18.1 Å². The summed E-state index contributed by atoms with van der Waals surface area (Å²) in [7, 11) is -3.70. The van der Waals surface area contributed by atoms with Gasteiger partial charge in [-0.2, -0.15) is 0 Å². The molecular weight excluding hydrogens is 384 g/mol. The van der Waals surface area contributed by atoms with Crippen LogP contribution in [0.2, 0.25) is 0 Å². The highest BCUT2D eigenvalue weighted by atomic mass is 32.2. The first-order chi connectivity index (χ1) is 12.9. The normalized spacial score (nSPS) is 12.6. The number of nitrogens with one attached hydrogen (secondary N) is 2. The summed E-state index contributed by atoms with van der Waals surface area (Å²) in [6.07, 6.45) is 5.16. The molecule has 1 aromatic carbocycles. The van der Waals surface area contributed by atoms with Crippen LogP contribution in [-0.2, 0) is 23.1 Å². The zero-order valence-electron chi connectivity index (χ0n) is 14.7. The molecule has 0 saturated carbocycles. The molecule has 9 heteroatoms. The average Bonchev–Trinajstić information content (AvgIpc) is 3.34. The van der Waals surface area contributed by atoms with E-state index in [1.165, 1.54) is 23.5 Å². The molecule has 2 heterocycles. The molecular formula is C18H20N4O3S2. The van der Waals surface area contributed by atoms with E-state index in [9.17, 15) is 13.2 Å². The Balaban J connectivity index is 1.65. The quantitative estimate of drug-likeness (QED) is 0.602. The maximum absolute atomic E-state index is 12.5. The fraction of sp³-hybridized carbons (Fsp3) is 0.222. The average molecular weight is 405 g/mol. The number of amides is 1. The van der Waals surface area contributed by atoms with Crippen molar-refractivity contribution in [3.05, 3.63) is 70.9 Å². The van der Waals surface area contributed by atoms with Gasteiger partial charge in [0.2, 0.25) is 10.0 Å². The zero-order valence-corrected chi connectivity index (χ0v) is 16.3. The Morgan fingerprint density at radius 3 is 2.85 bits per heavy atom. The minimum absolute atomic E-state index is 0.0639. The maximum atomic E-state index is 12.5. The van der Waals surface area contributed by atoms with Crippen molar-refractivity contribution in [3.8, 4) is 0 Å². The first-order valence-electron chi connectivity index (χ1n) is 8.33. The van der Waals surface area contributed by atoms with Gasteiger partial charge < -0.3 is 9.88 Å². The molecule has 0 aliphatic rings. The number of carbonyl (C=O) groups excluding carboxylic acids is 1. The Hall–Kier alpha value is -2.49. The number of nitrogens with zero attached hydrogens (tertiary/aromatic N) is 2. The van der Waals surface area contributed by atoms with Crippen molar-refractivity contribution in [2.45, 2.75) is 31.0 Å². The van der Waals surface area contributed by atoms with E-state index in [0.717, 1.165) is 4.88 Å². The summed E-state index contributed by atoms with van der Waals surface area (Å²) < 4.78 is 29.4. The second-order valence-corrected chi connectivity index (χ2v) is 8.86. The number of hydrogen-bond donors (Lipinski definition) is 2. The minimum atomic E-state index is -3.70. The predicted octanol–water partition coefficient (Wildman–Crippen LogP) is 2.24. The van der Waals surface area contributed by atoms with Crippen molar-refractivity contribution in [3.63, 3.8) is 0 Å². The first kappa shape index (κ1) is 19.3. The van der Waals surface area contributed by atoms with E-state index in [0.29, 0.717) is 12.1 Å². The summed E-state index contributed by atoms with van der Waals surface area (Å²) in [4.78, 5) is 17.4. The van der Waals surface area contributed by atoms with E-state index in [1.807, 2.05) is 35.2 Å². The molecule has 1 atom stereocenters. The Labute approximate surface area is 162 Å². The Morgan fingerprint density at radius 2 is 2.15 bits per heavy atom. The van der Waals surface area contributed by atoms with Gasteiger partial charge in [0, 0.05) is 42.0 Å². The van der Waals surface area contributed by atoms with E-state index in [2.05, 4.69) is 15.0 Å². The molecule has 2 N–H and O–H groups in total. The molecule has 0 saturated heterocycles. The van der Waals surface area contributed by atoms with Gasteiger partial charge in [-0.1, -0.05) is 12.1 Å². The van der Waals surface area contributed by atoms with Gasteiger partial charge in [0.05, 0.1) is 11.2 Å². The number of aromatic nitrogens is 2. The molecule has 0 spiro atoms. The van der Waals surface area contributed by atoms with Crippen LogP contribution >= 0.6 is 11.3 Å². The molecule has 0 aliphatic carbocycles. The molecule has 27 heavy (non-hydrogen) atoms. The van der Waals surface area contributed by atoms with Crippen LogP contribution in [-0.4, -0.2) is 29.9 Å². The topological polar surface area (TPSA) is 93.1 Å². The third-order valence-corrected chi connectivity index (χ3v) is 6.12. The van der Waals surface area contributed by atoms with Gasteiger partial charge in [0.1, 0.15) is 0 Å². The first-order valence-corrected chi connectivity index (χ1v) is 10.7. The lowest BCUT2D eigenvalue weighted by molar-refractivity contribution is 0.0936. The number of sulfonamides is 1. The summed E-state index contributed by atoms with van der Waals surface area (Å²) >= 11 is 1.48. The monoisotopic (exact) mass is 404 g/mol. The molecule has 0 bridgehead atoms. The van der Waals surface area contributed by atoms with Crippen molar-refractivity contribution >= 4 is 27.3 Å². The summed E-state index contributed by atoms with van der Waals surface area (Å²) in [6.45, 7) is 2.67. The SMILES string of the molecule is CC(Cn1ccnc1)NC(=O)c1cccc(S(=O)(=O)NCc2cccs2)c1. The number of imidazole rings is 1. The van der Waals surface area contributed by atoms with Gasteiger partial charge in [-0.15, -0.1) is 11.3 Å². The molecule has 7 nitrogen and oxygen atoms in total. The minimum Gasteiger partial charge on any atom is -0.348 e. The number of rotatable bonds is 8. The standard InChI is InChI=1S/C18H20N4O3S2/c1-14(12-22-8-7-19-13-22)21-18(23)15-4-2-6-17(10-15)27(24,25)20-11-16-5-3-9-26-16/h2-10,13-14,20H,11-12H2,1H3,(H,21,23). The number of thiophene rings is 1. The molecule has 3 rings (SSSR count). The van der Waals surface area contributed by atoms with Crippen molar-refractivity contribution in [1.82, 2.24) is 19.6 Å². The molecule has 1 amide bonds. The van der Waals surface area contributed by atoms with Gasteiger partial charge in [-0.3, -0.25) is 4.79 Å². The zero-order chi connectivity index (χ0) is 19.3. The van der Waals surface area contributed by atoms with E-state index in [1.54, 1.807) is 24.7 Å². The van der Waals surface area contributed by atoms with Crippen LogP contribution in [0, 0.1) is 0 Å². The van der Waals surface area contributed by atoms with Crippen LogP contribution in [0.15, 0.2) is 65.4 Å². The van der Waals surface area contributed by atoms with Gasteiger partial charge in [0.25, 0.3) is 5.91 Å². The van der Waals surface area contributed by atoms with Crippen LogP contribution < -0.4 is 10.0 Å². The lowest BCUT2D eigenvalue weighted by atomic mass is 10.2. The maximum Gasteiger partial charge on any atom is 0.251 e. The molecule has 142 valence electrons. The third-order valence-electron chi connectivity index (χ3n) is 3.84. The third kappa shape index (κ3) is 5.25. The number of hydrogen-bond acceptors (Lipinski definition) is 5. The molecule has 0 fully saturated rings. The molecule has 1 unspecified atom stereocenters. The van der Waals surface area contributed by atoms with E-state index < -0.39 is 10.0 Å². The second kappa shape index (κ2) is 8.47. The highest BCUT2D eigenvalue weighted by Crippen LogP contribution is 2.14. The van der Waals surface area contributed by atoms with Crippen LogP contribution in [0.4, 0.5) is 0 Å². The number of benzene rings is 1. The predicted molar refractivity (Wildman–Crippen MR) is 104 cm³/mol. The largest absolute Gasteiger partial charge is 0.348 e. The highest BCUT2D eigenvalue weighted by molar-refractivity contribution is 7.89. The van der Waals surface area contributed by atoms with E-state index in [4.69, 9.17) is 0 Å². The lowest BCUT2D eigenvalue weighted by Gasteiger charge is -2.15. The Morgan fingerprint density at radius 1 is 1.30 bits per heavy atom. The van der Waals surface area contributed by atoms with E-state index in [-0.39, 0.29) is 23.4 Å². The Kier molecular flexibility index (Phi) is 6.04. The summed E-state index contributed by atoms with van der Waals surface area (Å²) in [5.41, 5.74) is 0.298. The highest BCUT2D eigenvalue weighted by Gasteiger charge is 2.17. The number of carbonyl (C=O) groups is 1. The van der Waals surface area contributed by atoms with Crippen molar-refractivity contribution in [1.29, 1.82) is 0 Å². The second-order valence-electron chi connectivity index (χ2n) is 6.07. The van der Waals surface area contributed by atoms with Gasteiger partial charge in [0.15, 0.2) is 0 Å². The van der Waals surface area contributed by atoms with Crippen LogP contribution in [0.25, 0.3) is 0 Å². The van der Waals surface area contributed by atoms with Crippen LogP contribution in [0.3, 0.4) is 0 Å². The molecule has 2 aromatic heterocycles. The lowest BCUT2D eigenvalue weighted by Crippen LogP contribution is -2.35. The van der Waals surface area contributed by atoms with Gasteiger partial charge in [-0.05, 0) is 36.6 Å². The summed E-state index contributed by atoms with van der Waals surface area (Å²) in [5, 5.41) is 4.75. The van der Waals surface area contributed by atoms with Crippen LogP contribution in [0.5, 0.6) is 0 Å². The van der Waals surface area contributed by atoms with Crippen molar-refractivity contribution < 1.29 is 13.2 Å². The smallest absolute Gasteiger partial charge is 0.251 e. The molecule has 0 radical (unpaired) electrons. The van der Waals surface area contributed by atoms with Gasteiger partial charge >= 0.3 is 0 Å². The summed E-state index contributed by atoms with van der Waals surface area (Å²) in [5.74, 6) is -0.321. The van der Waals surface area contributed by atoms with Crippen molar-refractivity contribution in [2.24, 2.45) is 0 Å². The summed E-state index contributed by atoms with van der Waals surface area (Å²) in [6, 6.07) is 9.61. The Bertz CT molecular complexity index is 984. The molecule has 3 aromatic rings. The van der Waals surface area contributed by atoms with Crippen LogP contribution in [0.1, 0.15) is 22.2 Å². The fourth-order valence-electron chi connectivity index (χ4n) is 2.53.